The largest absolute Gasteiger partial charge is 0.494 e. The molecule has 0 bridgehead atoms. The van der Waals surface area contributed by atoms with Crippen molar-refractivity contribution < 1.29 is 17.9 Å². The molecule has 7 nitrogen and oxygen atoms in total. The van der Waals surface area contributed by atoms with Crippen LogP contribution in [0.25, 0.3) is 10.2 Å². The molecule has 0 saturated heterocycles. The minimum absolute atomic E-state index is 0.120. The average molecular weight is 548 g/mol. The Kier molecular flexibility index (Phi) is 7.85. The van der Waals surface area contributed by atoms with Gasteiger partial charge in [0, 0.05) is 10.7 Å². The minimum atomic E-state index is -3.75. The lowest BCUT2D eigenvalue weighted by Crippen LogP contribution is -2.22. The quantitative estimate of drug-likeness (QED) is 0.240. The SMILES string of the molecule is CCOc1ccc(NC(=O)C(C)Sc2nc3ccc(NS(=O)(=O)c4ccc(Cl)cc4)cc3s2)cc1. The molecule has 182 valence electrons. The third kappa shape index (κ3) is 6.46. The molecular formula is C24H22ClN3O4S3. The van der Waals surface area contributed by atoms with Crippen LogP contribution in [-0.4, -0.2) is 31.2 Å². The van der Waals surface area contributed by atoms with Gasteiger partial charge in [0.2, 0.25) is 5.91 Å². The zero-order chi connectivity index (χ0) is 25.0. The lowest BCUT2D eigenvalue weighted by Gasteiger charge is -2.11. The number of hydrogen-bond acceptors (Lipinski definition) is 7. The number of nitrogens with one attached hydrogen (secondary N) is 2. The van der Waals surface area contributed by atoms with E-state index < -0.39 is 10.0 Å². The standard InChI is InChI=1S/C24H22ClN3O4S3/c1-3-32-19-9-6-17(7-10-19)26-23(29)15(2)33-24-27-21-13-8-18(14-22(21)34-24)28-35(30,31)20-11-4-16(25)5-12-20/h4-15,28H,3H2,1-2H3,(H,26,29). The predicted molar refractivity (Wildman–Crippen MR) is 143 cm³/mol. The number of thiazole rings is 1. The van der Waals surface area contributed by atoms with Crippen LogP contribution in [0.5, 0.6) is 5.75 Å². The van der Waals surface area contributed by atoms with Crippen molar-refractivity contribution in [1.82, 2.24) is 4.98 Å². The molecule has 0 fully saturated rings. The van der Waals surface area contributed by atoms with Crippen LogP contribution in [0.2, 0.25) is 5.02 Å². The van der Waals surface area contributed by atoms with Gasteiger partial charge in [-0.3, -0.25) is 9.52 Å². The lowest BCUT2D eigenvalue weighted by atomic mass is 10.3. The number of fused-ring (bicyclic) bond motifs is 1. The van der Waals surface area contributed by atoms with E-state index in [1.165, 1.54) is 47.4 Å². The molecule has 0 aliphatic rings. The van der Waals surface area contributed by atoms with Crippen LogP contribution in [0.1, 0.15) is 13.8 Å². The Labute approximate surface area is 216 Å². The molecule has 2 N–H and O–H groups in total. The highest BCUT2D eigenvalue weighted by Gasteiger charge is 2.18. The molecule has 1 atom stereocenters. The maximum atomic E-state index is 12.7. The molecule has 35 heavy (non-hydrogen) atoms. The smallest absolute Gasteiger partial charge is 0.261 e. The van der Waals surface area contributed by atoms with Gasteiger partial charge in [0.15, 0.2) is 4.34 Å². The number of thioether (sulfide) groups is 1. The summed E-state index contributed by atoms with van der Waals surface area (Å²) in [4.78, 5) is 17.3. The Bertz CT molecular complexity index is 1440. The molecule has 0 aliphatic carbocycles. The van der Waals surface area contributed by atoms with Crippen LogP contribution in [0.4, 0.5) is 11.4 Å². The van der Waals surface area contributed by atoms with Crippen LogP contribution in [0, 0.1) is 0 Å². The Morgan fingerprint density at radius 1 is 1.09 bits per heavy atom. The number of carbonyl (C=O) groups is 1. The van der Waals surface area contributed by atoms with Crippen LogP contribution < -0.4 is 14.8 Å². The first-order chi connectivity index (χ1) is 16.7. The zero-order valence-corrected chi connectivity index (χ0v) is 22.0. The maximum absolute atomic E-state index is 12.7. The van der Waals surface area contributed by atoms with Crippen molar-refractivity contribution in [3.63, 3.8) is 0 Å². The number of hydrogen-bond donors (Lipinski definition) is 2. The molecule has 0 aliphatic heterocycles. The Balaban J connectivity index is 1.42. The van der Waals surface area contributed by atoms with Crippen LogP contribution >= 0.6 is 34.7 Å². The molecule has 3 aromatic carbocycles. The number of amides is 1. The molecule has 1 amide bonds. The Morgan fingerprint density at radius 2 is 1.77 bits per heavy atom. The molecule has 1 heterocycles. The predicted octanol–water partition coefficient (Wildman–Crippen LogP) is 6.27. The van der Waals surface area contributed by atoms with Gasteiger partial charge in [-0.15, -0.1) is 11.3 Å². The monoisotopic (exact) mass is 547 g/mol. The Hall–Kier alpha value is -2.79. The van der Waals surface area contributed by atoms with E-state index in [1.807, 2.05) is 26.0 Å². The van der Waals surface area contributed by atoms with E-state index in [0.717, 1.165) is 16.0 Å². The molecule has 4 rings (SSSR count). The fourth-order valence-electron chi connectivity index (χ4n) is 3.09. The number of rotatable bonds is 9. The second-order valence-corrected chi connectivity index (χ2v) is 12.2. The van der Waals surface area contributed by atoms with Crippen molar-refractivity contribution >= 4 is 72.2 Å². The molecule has 11 heteroatoms. The van der Waals surface area contributed by atoms with Crippen LogP contribution in [-0.2, 0) is 14.8 Å². The molecular weight excluding hydrogens is 526 g/mol. The third-order valence-corrected chi connectivity index (χ3v) is 8.69. The number of anilines is 2. The van der Waals surface area contributed by atoms with Gasteiger partial charge >= 0.3 is 0 Å². The summed E-state index contributed by atoms with van der Waals surface area (Å²) < 4.78 is 34.8. The Morgan fingerprint density at radius 3 is 2.46 bits per heavy atom. The molecule has 0 spiro atoms. The van der Waals surface area contributed by atoms with Crippen molar-refractivity contribution in [3.8, 4) is 5.75 Å². The summed E-state index contributed by atoms with van der Waals surface area (Å²) in [6.45, 7) is 4.31. The highest BCUT2D eigenvalue weighted by Crippen LogP contribution is 2.34. The van der Waals surface area contributed by atoms with E-state index in [4.69, 9.17) is 16.3 Å². The first kappa shape index (κ1) is 25.3. The fraction of sp³-hybridized carbons (Fsp3) is 0.167. The number of benzene rings is 3. The summed E-state index contributed by atoms with van der Waals surface area (Å²) in [6.07, 6.45) is 0. The van der Waals surface area contributed by atoms with E-state index >= 15 is 0 Å². The first-order valence-corrected chi connectivity index (χ1v) is 14.2. The van der Waals surface area contributed by atoms with Gasteiger partial charge in [-0.05, 0) is 80.6 Å². The molecule has 1 unspecified atom stereocenters. The van der Waals surface area contributed by atoms with E-state index in [9.17, 15) is 13.2 Å². The molecule has 4 aromatic rings. The van der Waals surface area contributed by atoms with Gasteiger partial charge in [-0.25, -0.2) is 13.4 Å². The summed E-state index contributed by atoms with van der Waals surface area (Å²) in [5, 5.41) is 2.97. The number of carbonyl (C=O) groups excluding carboxylic acids is 1. The number of sulfonamides is 1. The van der Waals surface area contributed by atoms with Gasteiger partial charge in [0.05, 0.1) is 32.7 Å². The van der Waals surface area contributed by atoms with Crippen molar-refractivity contribution in [1.29, 1.82) is 0 Å². The zero-order valence-electron chi connectivity index (χ0n) is 18.8. The van der Waals surface area contributed by atoms with Gasteiger partial charge < -0.3 is 10.1 Å². The summed E-state index contributed by atoms with van der Waals surface area (Å²) in [5.41, 5.74) is 1.84. The lowest BCUT2D eigenvalue weighted by molar-refractivity contribution is -0.115. The second-order valence-electron chi connectivity index (χ2n) is 7.43. The minimum Gasteiger partial charge on any atom is -0.494 e. The average Bonchev–Trinajstić information content (AvgIpc) is 3.22. The van der Waals surface area contributed by atoms with Crippen molar-refractivity contribution in [3.05, 3.63) is 71.8 Å². The topological polar surface area (TPSA) is 97.4 Å². The number of ether oxygens (including phenoxy) is 1. The number of nitrogens with zero attached hydrogens (tertiary/aromatic N) is 1. The van der Waals surface area contributed by atoms with Gasteiger partial charge in [-0.2, -0.15) is 0 Å². The van der Waals surface area contributed by atoms with E-state index in [1.54, 1.807) is 30.3 Å². The summed E-state index contributed by atoms with van der Waals surface area (Å²) in [5.74, 6) is 0.604. The highest BCUT2D eigenvalue weighted by molar-refractivity contribution is 8.02. The number of aromatic nitrogens is 1. The van der Waals surface area contributed by atoms with Crippen LogP contribution in [0.3, 0.4) is 0 Å². The van der Waals surface area contributed by atoms with Gasteiger partial charge in [0.1, 0.15) is 5.75 Å². The van der Waals surface area contributed by atoms with Crippen molar-refractivity contribution in [2.45, 2.75) is 28.3 Å². The molecule has 1 aromatic heterocycles. The second kappa shape index (κ2) is 10.9. The fourth-order valence-corrected chi connectivity index (χ4v) is 6.52. The van der Waals surface area contributed by atoms with E-state index in [2.05, 4.69) is 15.0 Å². The highest BCUT2D eigenvalue weighted by atomic mass is 35.5. The van der Waals surface area contributed by atoms with Gasteiger partial charge in [0.25, 0.3) is 10.0 Å². The summed E-state index contributed by atoms with van der Waals surface area (Å²) in [6, 6.07) is 18.3. The molecule has 0 saturated carbocycles. The van der Waals surface area contributed by atoms with Crippen LogP contribution in [0.15, 0.2) is 76.0 Å². The van der Waals surface area contributed by atoms with Gasteiger partial charge in [-0.1, -0.05) is 23.4 Å². The van der Waals surface area contributed by atoms with Crippen molar-refractivity contribution in [2.24, 2.45) is 0 Å². The maximum Gasteiger partial charge on any atom is 0.261 e. The molecule has 0 radical (unpaired) electrons. The van der Waals surface area contributed by atoms with E-state index in [-0.39, 0.29) is 16.1 Å². The normalized spacial score (nSPS) is 12.3. The third-order valence-electron chi connectivity index (χ3n) is 4.82. The van der Waals surface area contributed by atoms with E-state index in [0.29, 0.717) is 27.3 Å². The first-order valence-electron chi connectivity index (χ1n) is 10.6. The summed E-state index contributed by atoms with van der Waals surface area (Å²) >= 11 is 8.59. The van der Waals surface area contributed by atoms with Crippen molar-refractivity contribution in [2.75, 3.05) is 16.6 Å². The summed E-state index contributed by atoms with van der Waals surface area (Å²) in [7, 11) is -3.75. The number of halogens is 1.